The lowest BCUT2D eigenvalue weighted by atomic mass is 10.1. The van der Waals surface area contributed by atoms with Gasteiger partial charge in [0.25, 0.3) is 5.91 Å². The second kappa shape index (κ2) is 7.88. The van der Waals surface area contributed by atoms with E-state index < -0.39 is 0 Å². The summed E-state index contributed by atoms with van der Waals surface area (Å²) in [6.45, 7) is 6.46. The molecule has 0 fully saturated rings. The Bertz CT molecular complexity index is 477. The molecule has 2 N–H and O–H groups in total. The predicted octanol–water partition coefficient (Wildman–Crippen LogP) is 2.02. The van der Waals surface area contributed by atoms with E-state index in [9.17, 15) is 4.79 Å². The summed E-state index contributed by atoms with van der Waals surface area (Å²) in [7, 11) is 0. The molecule has 116 valence electrons. The number of unbranched alkanes of at least 4 members (excludes halogenated alkanes) is 1. The van der Waals surface area contributed by atoms with Crippen molar-refractivity contribution >= 4 is 5.91 Å². The first kappa shape index (κ1) is 15.6. The Morgan fingerprint density at radius 1 is 1.43 bits per heavy atom. The predicted molar refractivity (Wildman–Crippen MR) is 81.8 cm³/mol. The molecule has 0 aliphatic carbocycles. The minimum atomic E-state index is -0.0876. The Morgan fingerprint density at radius 3 is 3.05 bits per heavy atom. The van der Waals surface area contributed by atoms with E-state index in [1.165, 1.54) is 0 Å². The summed E-state index contributed by atoms with van der Waals surface area (Å²) in [5.74, 6) is 1.41. The van der Waals surface area contributed by atoms with E-state index in [1.807, 2.05) is 18.2 Å². The van der Waals surface area contributed by atoms with E-state index in [0.717, 1.165) is 30.7 Å². The quantitative estimate of drug-likeness (QED) is 0.720. The summed E-state index contributed by atoms with van der Waals surface area (Å²) in [6.07, 6.45) is 2.06. The van der Waals surface area contributed by atoms with Crippen molar-refractivity contribution in [2.75, 3.05) is 26.3 Å². The van der Waals surface area contributed by atoms with Gasteiger partial charge in [0.2, 0.25) is 0 Å². The van der Waals surface area contributed by atoms with E-state index in [0.29, 0.717) is 18.9 Å². The highest BCUT2D eigenvalue weighted by atomic mass is 16.5. The number of carbonyl (C=O) groups excluding carboxylic acids is 1. The molecule has 0 radical (unpaired) electrons. The fourth-order valence-corrected chi connectivity index (χ4v) is 2.30. The second-order valence-electron chi connectivity index (χ2n) is 5.11. The van der Waals surface area contributed by atoms with Gasteiger partial charge in [0, 0.05) is 18.2 Å². The van der Waals surface area contributed by atoms with Gasteiger partial charge in [-0.3, -0.25) is 4.79 Å². The molecule has 1 aliphatic rings. The van der Waals surface area contributed by atoms with Crippen LogP contribution in [0.25, 0.3) is 0 Å². The van der Waals surface area contributed by atoms with Crippen LogP contribution in [0.2, 0.25) is 0 Å². The molecule has 5 nitrogen and oxygen atoms in total. The van der Waals surface area contributed by atoms with Crippen molar-refractivity contribution in [2.24, 2.45) is 0 Å². The number of rotatable bonds is 8. The first-order chi connectivity index (χ1) is 10.2. The van der Waals surface area contributed by atoms with Crippen LogP contribution in [0.1, 0.15) is 38.3 Å². The average molecular weight is 292 g/mol. The van der Waals surface area contributed by atoms with Crippen LogP contribution in [-0.4, -0.2) is 32.2 Å². The largest absolute Gasteiger partial charge is 0.491 e. The van der Waals surface area contributed by atoms with Crippen molar-refractivity contribution in [1.82, 2.24) is 10.6 Å². The lowest BCUT2D eigenvalue weighted by molar-refractivity contribution is -0.123. The molecule has 1 aromatic rings. The van der Waals surface area contributed by atoms with Crippen LogP contribution >= 0.6 is 0 Å². The zero-order valence-electron chi connectivity index (χ0n) is 12.8. The average Bonchev–Trinajstić information content (AvgIpc) is 2.88. The summed E-state index contributed by atoms with van der Waals surface area (Å²) in [6, 6.07) is 5.99. The number of nitrogens with one attached hydrogen (secondary N) is 2. The Labute approximate surface area is 126 Å². The van der Waals surface area contributed by atoms with Crippen molar-refractivity contribution in [3.05, 3.63) is 23.8 Å². The molecule has 1 amide bonds. The monoisotopic (exact) mass is 292 g/mol. The lowest BCUT2D eigenvalue weighted by Gasteiger charge is -2.10. The number of ether oxygens (including phenoxy) is 2. The highest BCUT2D eigenvalue weighted by Crippen LogP contribution is 2.35. The molecule has 0 saturated carbocycles. The van der Waals surface area contributed by atoms with Crippen molar-refractivity contribution in [3.63, 3.8) is 0 Å². The maximum Gasteiger partial charge on any atom is 0.257 e. The van der Waals surface area contributed by atoms with Crippen molar-refractivity contribution in [3.8, 4) is 11.5 Å². The fourth-order valence-electron chi connectivity index (χ4n) is 2.30. The number of hydrogen-bond acceptors (Lipinski definition) is 4. The van der Waals surface area contributed by atoms with Gasteiger partial charge in [-0.25, -0.2) is 0 Å². The van der Waals surface area contributed by atoms with Crippen molar-refractivity contribution in [1.29, 1.82) is 0 Å². The number of hydrogen-bond donors (Lipinski definition) is 2. The van der Waals surface area contributed by atoms with E-state index in [-0.39, 0.29) is 18.6 Å². The first-order valence-electron chi connectivity index (χ1n) is 7.64. The van der Waals surface area contributed by atoms with Crippen molar-refractivity contribution in [2.45, 2.75) is 32.7 Å². The molecular formula is C16H24N2O3. The topological polar surface area (TPSA) is 59.6 Å². The van der Waals surface area contributed by atoms with E-state index in [1.54, 1.807) is 0 Å². The summed E-state index contributed by atoms with van der Waals surface area (Å²) in [5, 5.41) is 6.19. The molecule has 1 aliphatic heterocycles. The number of fused-ring (bicyclic) bond motifs is 1. The van der Waals surface area contributed by atoms with Gasteiger partial charge < -0.3 is 20.1 Å². The van der Waals surface area contributed by atoms with Gasteiger partial charge in [-0.05, 0) is 25.1 Å². The van der Waals surface area contributed by atoms with Gasteiger partial charge in [-0.1, -0.05) is 20.3 Å². The molecule has 5 heteroatoms. The first-order valence-corrected chi connectivity index (χ1v) is 7.64. The van der Waals surface area contributed by atoms with Gasteiger partial charge in [0.1, 0.15) is 18.1 Å². The van der Waals surface area contributed by atoms with Crippen LogP contribution in [-0.2, 0) is 4.79 Å². The molecule has 1 atom stereocenters. The maximum atomic E-state index is 11.6. The summed E-state index contributed by atoms with van der Waals surface area (Å²) >= 11 is 0. The van der Waals surface area contributed by atoms with Crippen LogP contribution in [0.3, 0.4) is 0 Å². The second-order valence-corrected chi connectivity index (χ2v) is 5.11. The third-order valence-corrected chi connectivity index (χ3v) is 3.44. The smallest absolute Gasteiger partial charge is 0.257 e. The fraction of sp³-hybridized carbons (Fsp3) is 0.562. The van der Waals surface area contributed by atoms with Crippen LogP contribution in [0.4, 0.5) is 0 Å². The molecular weight excluding hydrogens is 268 g/mol. The molecule has 1 unspecified atom stereocenters. The zero-order valence-corrected chi connectivity index (χ0v) is 12.8. The highest BCUT2D eigenvalue weighted by Gasteiger charge is 2.23. The Balaban J connectivity index is 1.84. The highest BCUT2D eigenvalue weighted by molar-refractivity contribution is 5.77. The summed E-state index contributed by atoms with van der Waals surface area (Å²) < 4.78 is 11.2. The van der Waals surface area contributed by atoms with Crippen LogP contribution in [0.5, 0.6) is 11.5 Å². The van der Waals surface area contributed by atoms with Gasteiger partial charge in [0.15, 0.2) is 6.61 Å². The molecule has 0 aromatic heterocycles. The minimum Gasteiger partial charge on any atom is -0.491 e. The molecule has 0 spiro atoms. The third-order valence-electron chi connectivity index (χ3n) is 3.44. The van der Waals surface area contributed by atoms with Crippen LogP contribution in [0.15, 0.2) is 18.2 Å². The Kier molecular flexibility index (Phi) is 5.87. The zero-order chi connectivity index (χ0) is 15.1. The Hall–Kier alpha value is -1.75. The van der Waals surface area contributed by atoms with Gasteiger partial charge in [-0.15, -0.1) is 0 Å². The standard InChI is InChI=1S/C16H24N2O3/c1-3-5-8-18-16(19)11-20-12-6-7-13-14(17-4-2)10-21-15(13)9-12/h6-7,9,14,17H,3-5,8,10-11H2,1-2H3,(H,18,19). The van der Waals surface area contributed by atoms with Crippen LogP contribution in [0, 0.1) is 0 Å². The van der Waals surface area contributed by atoms with Crippen molar-refractivity contribution < 1.29 is 14.3 Å². The van der Waals surface area contributed by atoms with Gasteiger partial charge in [-0.2, -0.15) is 0 Å². The minimum absolute atomic E-state index is 0.0408. The van der Waals surface area contributed by atoms with Gasteiger partial charge >= 0.3 is 0 Å². The molecule has 21 heavy (non-hydrogen) atoms. The molecule has 1 aromatic carbocycles. The van der Waals surface area contributed by atoms with Gasteiger partial charge in [0.05, 0.1) is 6.04 Å². The SMILES string of the molecule is CCCCNC(=O)COc1ccc2c(c1)OCC2NCC. The Morgan fingerprint density at radius 2 is 2.29 bits per heavy atom. The molecule has 0 bridgehead atoms. The summed E-state index contributed by atoms with van der Waals surface area (Å²) in [5.41, 5.74) is 1.15. The number of amides is 1. The maximum absolute atomic E-state index is 11.6. The number of carbonyl (C=O) groups is 1. The molecule has 1 heterocycles. The molecule has 2 rings (SSSR count). The molecule has 0 saturated heterocycles. The van der Waals surface area contributed by atoms with E-state index >= 15 is 0 Å². The van der Waals surface area contributed by atoms with E-state index in [4.69, 9.17) is 9.47 Å². The normalized spacial score (nSPS) is 16.2. The van der Waals surface area contributed by atoms with E-state index in [2.05, 4.69) is 24.5 Å². The number of benzene rings is 1. The summed E-state index contributed by atoms with van der Waals surface area (Å²) in [4.78, 5) is 11.6. The third kappa shape index (κ3) is 4.36. The van der Waals surface area contributed by atoms with Crippen LogP contribution < -0.4 is 20.1 Å². The lowest BCUT2D eigenvalue weighted by Crippen LogP contribution is -2.29. The number of likely N-dealkylation sites (N-methyl/N-ethyl adjacent to an activating group) is 1.